The van der Waals surface area contributed by atoms with Crippen LogP contribution >= 0.6 is 0 Å². The summed E-state index contributed by atoms with van der Waals surface area (Å²) in [7, 11) is 0. The zero-order valence-corrected chi connectivity index (χ0v) is 12.9. The molecule has 1 aliphatic rings. The largest absolute Gasteiger partial charge is 0.470 e. The van der Waals surface area contributed by atoms with Crippen LogP contribution in [-0.4, -0.2) is 17.9 Å². The predicted molar refractivity (Wildman–Crippen MR) is 81.0 cm³/mol. The van der Waals surface area contributed by atoms with Gasteiger partial charge in [-0.3, -0.25) is 9.59 Å². The van der Waals surface area contributed by atoms with Gasteiger partial charge >= 0.3 is 0 Å². The van der Waals surface area contributed by atoms with Crippen LogP contribution in [0.3, 0.4) is 0 Å². The van der Waals surface area contributed by atoms with Gasteiger partial charge in [-0.05, 0) is 37.0 Å². The number of ether oxygens (including phenoxy) is 1. The molecule has 1 amide bonds. The summed E-state index contributed by atoms with van der Waals surface area (Å²) in [6.45, 7) is 3.99. The minimum Gasteiger partial charge on any atom is -0.470 e. The van der Waals surface area contributed by atoms with E-state index >= 15 is 0 Å². The Hall–Kier alpha value is -2.35. The fraction of sp³-hybridized carbons (Fsp3) is 0.471. The van der Waals surface area contributed by atoms with E-state index in [2.05, 4.69) is 5.32 Å². The van der Waals surface area contributed by atoms with Gasteiger partial charge in [-0.25, -0.2) is 0 Å². The van der Waals surface area contributed by atoms with Crippen molar-refractivity contribution in [3.63, 3.8) is 0 Å². The number of nitrogens with one attached hydrogen (secondary N) is 1. The van der Waals surface area contributed by atoms with Crippen molar-refractivity contribution in [1.82, 2.24) is 5.32 Å². The number of carbonyl (C=O) groups is 2. The predicted octanol–water partition coefficient (Wildman–Crippen LogP) is 2.35. The molecule has 5 nitrogen and oxygen atoms in total. The number of rotatable bonds is 7. The summed E-state index contributed by atoms with van der Waals surface area (Å²) in [5.74, 6) is 0.328. The fourth-order valence-electron chi connectivity index (χ4n) is 2.71. The first-order chi connectivity index (χ1) is 10.6. The van der Waals surface area contributed by atoms with Crippen molar-refractivity contribution >= 4 is 11.7 Å². The van der Waals surface area contributed by atoms with Crippen molar-refractivity contribution in [1.29, 1.82) is 5.26 Å². The van der Waals surface area contributed by atoms with Gasteiger partial charge in [-0.15, -0.1) is 0 Å². The molecule has 116 valence electrons. The number of hydrogen-bond acceptors (Lipinski definition) is 4. The smallest absolute Gasteiger partial charge is 0.234 e. The maximum Gasteiger partial charge on any atom is 0.234 e. The molecule has 1 fully saturated rings. The van der Waals surface area contributed by atoms with Gasteiger partial charge in [0.25, 0.3) is 0 Å². The molecule has 0 bridgehead atoms. The number of β-lactam (4-membered cyclic amide) rings is 1. The van der Waals surface area contributed by atoms with Crippen LogP contribution in [0.4, 0.5) is 0 Å². The minimum absolute atomic E-state index is 0.0501. The van der Waals surface area contributed by atoms with Gasteiger partial charge in [0.1, 0.15) is 17.2 Å². The Bertz CT molecular complexity index is 597. The van der Waals surface area contributed by atoms with Crippen LogP contribution in [0.25, 0.3) is 0 Å². The second kappa shape index (κ2) is 6.61. The van der Waals surface area contributed by atoms with E-state index in [9.17, 15) is 9.59 Å². The van der Waals surface area contributed by atoms with Crippen LogP contribution in [0, 0.1) is 16.7 Å². The Morgan fingerprint density at radius 2 is 1.95 bits per heavy atom. The molecule has 1 aromatic rings. The maximum atomic E-state index is 11.8. The summed E-state index contributed by atoms with van der Waals surface area (Å²) < 4.78 is 5.87. The first kappa shape index (κ1) is 16.0. The summed E-state index contributed by atoms with van der Waals surface area (Å²) in [6, 6.07) is 9.01. The number of nitriles is 1. The van der Waals surface area contributed by atoms with Crippen molar-refractivity contribution in [3.8, 4) is 11.8 Å². The number of amides is 1. The third kappa shape index (κ3) is 2.96. The standard InChI is InChI=1S/C17H20N2O3/c1-3-17(4-2)15(21)19-16(17)22-14-9-6-12(7-10-14)5-8-13(20)11-18/h6-7,9-10,16H,3-5,8H2,1-2H3,(H,19,21)/t16-/m0/s1. The highest BCUT2D eigenvalue weighted by atomic mass is 16.5. The van der Waals surface area contributed by atoms with Gasteiger partial charge in [0.05, 0.1) is 0 Å². The number of Topliss-reactive ketones (excluding diaryl/α,β-unsaturated/α-hetero) is 1. The molecule has 0 saturated carbocycles. The lowest BCUT2D eigenvalue weighted by Gasteiger charge is -2.47. The molecule has 1 saturated heterocycles. The van der Waals surface area contributed by atoms with Crippen LogP contribution in [0.1, 0.15) is 38.7 Å². The number of carbonyl (C=O) groups excluding carboxylic acids is 2. The Morgan fingerprint density at radius 1 is 1.32 bits per heavy atom. The first-order valence-electron chi connectivity index (χ1n) is 7.55. The fourth-order valence-corrected chi connectivity index (χ4v) is 2.71. The lowest BCUT2D eigenvalue weighted by atomic mass is 9.73. The topological polar surface area (TPSA) is 79.2 Å². The number of hydrogen-bond donors (Lipinski definition) is 1. The molecule has 0 aliphatic carbocycles. The van der Waals surface area contributed by atoms with Gasteiger partial charge in [0, 0.05) is 6.42 Å². The third-order valence-corrected chi connectivity index (χ3v) is 4.42. The first-order valence-corrected chi connectivity index (χ1v) is 7.55. The average Bonchev–Trinajstić information content (AvgIpc) is 2.54. The molecule has 2 rings (SSSR count). The number of nitrogens with zero attached hydrogens (tertiary/aromatic N) is 1. The zero-order chi connectivity index (χ0) is 16.2. The van der Waals surface area contributed by atoms with Gasteiger partial charge in [0.2, 0.25) is 11.7 Å². The molecule has 1 atom stereocenters. The molecule has 0 unspecified atom stereocenters. The molecule has 1 aromatic carbocycles. The maximum absolute atomic E-state index is 11.8. The Kier molecular flexibility index (Phi) is 4.81. The van der Waals surface area contributed by atoms with Gasteiger partial charge < -0.3 is 10.1 Å². The summed E-state index contributed by atoms with van der Waals surface area (Å²) in [6.07, 6.45) is 1.97. The SMILES string of the molecule is CCC1(CC)C(=O)N[C@H]1Oc1ccc(CCC(=O)C#N)cc1. The van der Waals surface area contributed by atoms with E-state index in [4.69, 9.17) is 10.00 Å². The molecular formula is C17H20N2O3. The van der Waals surface area contributed by atoms with Crippen LogP contribution in [0.2, 0.25) is 0 Å². The molecule has 1 aliphatic heterocycles. The monoisotopic (exact) mass is 300 g/mol. The quantitative estimate of drug-likeness (QED) is 0.619. The third-order valence-electron chi connectivity index (χ3n) is 4.42. The molecule has 1 N–H and O–H groups in total. The van der Waals surface area contributed by atoms with Gasteiger partial charge in [-0.1, -0.05) is 26.0 Å². The molecule has 5 heteroatoms. The normalized spacial score (nSPS) is 18.8. The van der Waals surface area contributed by atoms with E-state index in [0.29, 0.717) is 12.2 Å². The highest BCUT2D eigenvalue weighted by Crippen LogP contribution is 2.39. The Balaban J connectivity index is 1.96. The van der Waals surface area contributed by atoms with Crippen LogP contribution in [0.5, 0.6) is 5.75 Å². The summed E-state index contributed by atoms with van der Waals surface area (Å²) >= 11 is 0. The highest BCUT2D eigenvalue weighted by Gasteiger charge is 2.54. The number of ketones is 1. The second-order valence-corrected chi connectivity index (χ2v) is 5.51. The minimum atomic E-state index is -0.433. The lowest BCUT2D eigenvalue weighted by molar-refractivity contribution is -0.161. The van der Waals surface area contributed by atoms with E-state index < -0.39 is 11.2 Å². The van der Waals surface area contributed by atoms with Crippen molar-refractivity contribution in [2.24, 2.45) is 5.41 Å². The summed E-state index contributed by atoms with van der Waals surface area (Å²) in [5, 5.41) is 11.3. The molecule has 22 heavy (non-hydrogen) atoms. The van der Waals surface area contributed by atoms with E-state index in [-0.39, 0.29) is 18.6 Å². The van der Waals surface area contributed by atoms with Crippen molar-refractivity contribution in [2.75, 3.05) is 0 Å². The van der Waals surface area contributed by atoms with Gasteiger partial charge in [-0.2, -0.15) is 5.26 Å². The van der Waals surface area contributed by atoms with E-state index in [0.717, 1.165) is 18.4 Å². The van der Waals surface area contributed by atoms with E-state index in [1.807, 2.05) is 38.1 Å². The van der Waals surface area contributed by atoms with Crippen molar-refractivity contribution in [2.45, 2.75) is 45.8 Å². The Morgan fingerprint density at radius 3 is 2.45 bits per heavy atom. The van der Waals surface area contributed by atoms with Crippen molar-refractivity contribution < 1.29 is 14.3 Å². The summed E-state index contributed by atoms with van der Waals surface area (Å²) in [5.41, 5.74) is 0.545. The molecular weight excluding hydrogens is 280 g/mol. The second-order valence-electron chi connectivity index (χ2n) is 5.51. The van der Waals surface area contributed by atoms with Crippen LogP contribution in [-0.2, 0) is 16.0 Å². The molecule has 0 spiro atoms. The van der Waals surface area contributed by atoms with Gasteiger partial charge in [0.15, 0.2) is 6.23 Å². The van der Waals surface area contributed by atoms with E-state index in [1.165, 1.54) is 0 Å². The molecule has 0 aromatic heterocycles. The number of benzene rings is 1. The summed E-state index contributed by atoms with van der Waals surface area (Å²) in [4.78, 5) is 22.8. The Labute approximate surface area is 130 Å². The van der Waals surface area contributed by atoms with E-state index in [1.54, 1.807) is 6.07 Å². The van der Waals surface area contributed by atoms with Crippen molar-refractivity contribution in [3.05, 3.63) is 29.8 Å². The lowest BCUT2D eigenvalue weighted by Crippen LogP contribution is -2.69. The number of aryl methyl sites for hydroxylation is 1. The average molecular weight is 300 g/mol. The van der Waals surface area contributed by atoms with Crippen LogP contribution < -0.4 is 10.1 Å². The highest BCUT2D eigenvalue weighted by molar-refractivity contribution is 5.93. The molecule has 1 heterocycles. The van der Waals surface area contributed by atoms with Crippen LogP contribution in [0.15, 0.2) is 24.3 Å². The zero-order valence-electron chi connectivity index (χ0n) is 12.9. The molecule has 0 radical (unpaired) electrons.